The zero-order valence-corrected chi connectivity index (χ0v) is 24.1. The average molecular weight is 542 g/mol. The van der Waals surface area contributed by atoms with Crippen LogP contribution in [0.1, 0.15) is 71.0 Å². The summed E-state index contributed by atoms with van der Waals surface area (Å²) in [5.74, 6) is 0.298. The molecule has 2 aromatic rings. The zero-order chi connectivity index (χ0) is 29.2. The number of methoxy groups -OCH3 is 2. The highest BCUT2D eigenvalue weighted by Gasteiger charge is 2.29. The van der Waals surface area contributed by atoms with Gasteiger partial charge in [-0.3, -0.25) is 9.59 Å². The summed E-state index contributed by atoms with van der Waals surface area (Å²) in [6.45, 7) is 9.23. The molecule has 0 saturated heterocycles. The lowest BCUT2D eigenvalue weighted by Crippen LogP contribution is -2.50. The normalized spacial score (nSPS) is 13.0. The highest BCUT2D eigenvalue weighted by atomic mass is 16.6. The van der Waals surface area contributed by atoms with E-state index >= 15 is 0 Å². The minimum Gasteiger partial charge on any atom is -0.497 e. The minimum atomic E-state index is -0.965. The van der Waals surface area contributed by atoms with Crippen LogP contribution in [0.25, 0.3) is 0 Å². The molecule has 0 aliphatic heterocycles. The molecule has 0 unspecified atom stereocenters. The van der Waals surface area contributed by atoms with Gasteiger partial charge in [-0.25, -0.2) is 4.79 Å². The fourth-order valence-electron chi connectivity index (χ4n) is 3.94. The smallest absolute Gasteiger partial charge is 0.329 e. The van der Waals surface area contributed by atoms with E-state index < -0.39 is 35.6 Å². The van der Waals surface area contributed by atoms with E-state index in [1.807, 2.05) is 62.4 Å². The van der Waals surface area contributed by atoms with Gasteiger partial charge in [-0.05, 0) is 74.9 Å². The van der Waals surface area contributed by atoms with Crippen LogP contribution in [0, 0.1) is 5.92 Å². The Hall–Kier alpha value is -3.59. The molecule has 2 rings (SSSR count). The molecule has 2 aromatic carbocycles. The average Bonchev–Trinajstić information content (AvgIpc) is 2.88. The summed E-state index contributed by atoms with van der Waals surface area (Å²) in [5.41, 5.74) is 7.17. The van der Waals surface area contributed by atoms with E-state index in [2.05, 4.69) is 10.6 Å². The second-order valence-electron chi connectivity index (χ2n) is 10.9. The number of amides is 2. The number of hydrogen-bond donors (Lipinski definition) is 3. The quantitative estimate of drug-likeness (QED) is 0.328. The van der Waals surface area contributed by atoms with Crippen molar-refractivity contribution in [3.8, 4) is 11.5 Å². The van der Waals surface area contributed by atoms with Gasteiger partial charge in [0.05, 0.1) is 26.3 Å². The van der Waals surface area contributed by atoms with Crippen LogP contribution in [0.15, 0.2) is 48.5 Å². The Kier molecular flexibility index (Phi) is 11.8. The zero-order valence-electron chi connectivity index (χ0n) is 24.1. The summed E-state index contributed by atoms with van der Waals surface area (Å²) in [4.78, 5) is 38.4. The molecular weight excluding hydrogens is 498 g/mol. The Morgan fingerprint density at radius 3 is 1.74 bits per heavy atom. The van der Waals surface area contributed by atoms with E-state index in [4.69, 9.17) is 19.9 Å². The largest absolute Gasteiger partial charge is 0.497 e. The first-order valence-electron chi connectivity index (χ1n) is 13.2. The number of hydrogen-bond acceptors (Lipinski definition) is 7. The number of benzene rings is 2. The molecule has 9 nitrogen and oxygen atoms in total. The number of carbonyl (C=O) groups excluding carboxylic acids is 3. The predicted octanol–water partition coefficient (Wildman–Crippen LogP) is 3.89. The fraction of sp³-hybridized carbons (Fsp3) is 0.500. The van der Waals surface area contributed by atoms with Crippen LogP contribution in [-0.4, -0.2) is 49.7 Å². The number of carbonyl (C=O) groups is 3. The van der Waals surface area contributed by atoms with Gasteiger partial charge >= 0.3 is 5.97 Å². The standard InChI is InChI=1S/C30H43N3O6/c1-19(2)18-25(29(36)39-30(3,4)5)32-28(35)24(31)16-17-26(34)33-27(20-8-12-22(37-6)13-9-20)21-10-14-23(38-7)15-11-21/h8-15,19,24-25,27H,16-18,31H2,1-7H3,(H,32,35)(H,33,34)/t24-,25-/m0/s1. The third-order valence-electron chi connectivity index (χ3n) is 5.94. The van der Waals surface area contributed by atoms with E-state index in [-0.39, 0.29) is 24.7 Å². The molecule has 4 N–H and O–H groups in total. The van der Waals surface area contributed by atoms with Gasteiger partial charge in [0.2, 0.25) is 11.8 Å². The van der Waals surface area contributed by atoms with E-state index in [1.54, 1.807) is 35.0 Å². The third-order valence-corrected chi connectivity index (χ3v) is 5.94. The summed E-state index contributed by atoms with van der Waals surface area (Å²) in [5, 5.41) is 5.76. The van der Waals surface area contributed by atoms with Crippen LogP contribution in [0.5, 0.6) is 11.5 Å². The molecule has 9 heteroatoms. The summed E-state index contributed by atoms with van der Waals surface area (Å²) < 4.78 is 16.0. The maximum absolute atomic E-state index is 13.0. The molecule has 39 heavy (non-hydrogen) atoms. The second-order valence-corrected chi connectivity index (χ2v) is 10.9. The molecule has 0 heterocycles. The maximum Gasteiger partial charge on any atom is 0.329 e. The highest BCUT2D eigenvalue weighted by Crippen LogP contribution is 2.26. The molecule has 0 spiro atoms. The first kappa shape index (κ1) is 31.6. The Labute approximate surface area is 231 Å². The van der Waals surface area contributed by atoms with E-state index in [0.29, 0.717) is 17.9 Å². The van der Waals surface area contributed by atoms with E-state index in [1.165, 1.54) is 0 Å². The fourth-order valence-corrected chi connectivity index (χ4v) is 3.94. The van der Waals surface area contributed by atoms with Crippen molar-refractivity contribution in [2.75, 3.05) is 14.2 Å². The monoisotopic (exact) mass is 541 g/mol. The van der Waals surface area contributed by atoms with Crippen molar-refractivity contribution in [1.82, 2.24) is 10.6 Å². The maximum atomic E-state index is 13.0. The van der Waals surface area contributed by atoms with Gasteiger partial charge in [0.25, 0.3) is 0 Å². The third kappa shape index (κ3) is 10.6. The molecular formula is C30H43N3O6. The molecule has 214 valence electrons. The van der Waals surface area contributed by atoms with E-state index in [0.717, 1.165) is 11.1 Å². The molecule has 0 bridgehead atoms. The van der Waals surface area contributed by atoms with Crippen molar-refractivity contribution < 1.29 is 28.6 Å². The highest BCUT2D eigenvalue weighted by molar-refractivity contribution is 5.88. The number of esters is 1. The summed E-state index contributed by atoms with van der Waals surface area (Å²) in [7, 11) is 3.19. The van der Waals surface area contributed by atoms with Gasteiger partial charge in [-0.2, -0.15) is 0 Å². The molecule has 2 amide bonds. The summed E-state index contributed by atoms with van der Waals surface area (Å²) >= 11 is 0. The Morgan fingerprint density at radius 1 is 0.846 bits per heavy atom. The van der Waals surface area contributed by atoms with Gasteiger partial charge in [-0.15, -0.1) is 0 Å². The topological polar surface area (TPSA) is 129 Å². The van der Waals surface area contributed by atoms with Gasteiger partial charge in [0, 0.05) is 6.42 Å². The molecule has 0 aliphatic rings. The molecule has 2 atom stereocenters. The lowest BCUT2D eigenvalue weighted by atomic mass is 9.98. The van der Waals surface area contributed by atoms with Crippen molar-refractivity contribution in [3.05, 3.63) is 59.7 Å². The van der Waals surface area contributed by atoms with Crippen LogP contribution < -0.4 is 25.8 Å². The van der Waals surface area contributed by atoms with E-state index in [9.17, 15) is 14.4 Å². The van der Waals surface area contributed by atoms with Crippen LogP contribution in [0.3, 0.4) is 0 Å². The van der Waals surface area contributed by atoms with Crippen LogP contribution in [-0.2, 0) is 19.1 Å². The number of rotatable bonds is 13. The Morgan fingerprint density at radius 2 is 1.33 bits per heavy atom. The van der Waals surface area contributed by atoms with Crippen LogP contribution >= 0.6 is 0 Å². The van der Waals surface area contributed by atoms with Gasteiger partial charge in [0.1, 0.15) is 23.1 Å². The molecule has 0 saturated carbocycles. The van der Waals surface area contributed by atoms with Crippen molar-refractivity contribution in [3.63, 3.8) is 0 Å². The number of nitrogens with one attached hydrogen (secondary N) is 2. The number of nitrogens with two attached hydrogens (primary N) is 1. The molecule has 0 fully saturated rings. The van der Waals surface area contributed by atoms with Crippen molar-refractivity contribution in [2.24, 2.45) is 11.7 Å². The summed E-state index contributed by atoms with van der Waals surface area (Å²) in [6.07, 6.45) is 0.552. The number of ether oxygens (including phenoxy) is 3. The molecule has 0 aliphatic carbocycles. The van der Waals surface area contributed by atoms with Crippen LogP contribution in [0.4, 0.5) is 0 Å². The van der Waals surface area contributed by atoms with Crippen molar-refractivity contribution >= 4 is 17.8 Å². The Balaban J connectivity index is 2.06. The SMILES string of the molecule is COc1ccc(C(NC(=O)CC[C@H](N)C(=O)N[C@@H](CC(C)C)C(=O)OC(C)(C)C)c2ccc(OC)cc2)cc1. The Bertz CT molecular complexity index is 1030. The van der Waals surface area contributed by atoms with Gasteiger partial charge in [0.15, 0.2) is 0 Å². The second kappa shape index (κ2) is 14.5. The first-order valence-corrected chi connectivity index (χ1v) is 13.2. The molecule has 0 radical (unpaired) electrons. The van der Waals surface area contributed by atoms with Crippen molar-refractivity contribution in [1.29, 1.82) is 0 Å². The van der Waals surface area contributed by atoms with Crippen molar-refractivity contribution in [2.45, 2.75) is 77.6 Å². The predicted molar refractivity (Wildman–Crippen MR) is 150 cm³/mol. The van der Waals surface area contributed by atoms with Gasteiger partial charge in [-0.1, -0.05) is 38.1 Å². The lowest BCUT2D eigenvalue weighted by Gasteiger charge is -2.26. The lowest BCUT2D eigenvalue weighted by molar-refractivity contribution is -0.159. The first-order chi connectivity index (χ1) is 18.3. The minimum absolute atomic E-state index is 0.0265. The summed E-state index contributed by atoms with van der Waals surface area (Å²) in [6, 6.07) is 12.7. The van der Waals surface area contributed by atoms with Gasteiger partial charge < -0.3 is 30.6 Å². The molecule has 0 aromatic heterocycles. The van der Waals surface area contributed by atoms with Crippen LogP contribution in [0.2, 0.25) is 0 Å².